The van der Waals surface area contributed by atoms with E-state index in [1.165, 1.54) is 11.1 Å². The lowest BCUT2D eigenvalue weighted by Gasteiger charge is -2.06. The summed E-state index contributed by atoms with van der Waals surface area (Å²) in [7, 11) is 0. The molecule has 120 valence electrons. The number of hydrogen-bond acceptors (Lipinski definition) is 4. The number of aryl methyl sites for hydroxylation is 2. The van der Waals surface area contributed by atoms with E-state index in [0.29, 0.717) is 5.95 Å². The molecule has 0 aliphatic heterocycles. The van der Waals surface area contributed by atoms with Crippen LogP contribution in [0.15, 0.2) is 65.8 Å². The Morgan fingerprint density at radius 3 is 2.04 bits per heavy atom. The predicted molar refractivity (Wildman–Crippen MR) is 99.2 cm³/mol. The first-order chi connectivity index (χ1) is 11.6. The van der Waals surface area contributed by atoms with E-state index < -0.39 is 0 Å². The maximum absolute atomic E-state index is 4.39. The van der Waals surface area contributed by atoms with E-state index in [1.54, 1.807) is 0 Å². The van der Waals surface area contributed by atoms with E-state index in [-0.39, 0.29) is 0 Å². The molecule has 1 heterocycles. The zero-order valence-electron chi connectivity index (χ0n) is 14.1. The zero-order valence-corrected chi connectivity index (χ0v) is 14.1. The molecule has 24 heavy (non-hydrogen) atoms. The second kappa shape index (κ2) is 7.04. The van der Waals surface area contributed by atoms with Crippen LogP contribution in [0.1, 0.15) is 23.9 Å². The average Bonchev–Trinajstić information content (AvgIpc) is 2.60. The van der Waals surface area contributed by atoms with Crippen molar-refractivity contribution in [3.8, 4) is 11.1 Å². The van der Waals surface area contributed by atoms with Gasteiger partial charge in [-0.15, -0.1) is 0 Å². The van der Waals surface area contributed by atoms with Crippen LogP contribution >= 0.6 is 0 Å². The molecule has 0 saturated carbocycles. The van der Waals surface area contributed by atoms with Gasteiger partial charge in [0, 0.05) is 11.4 Å². The van der Waals surface area contributed by atoms with Crippen molar-refractivity contribution < 1.29 is 0 Å². The molecular weight excluding hydrogens is 296 g/mol. The Kier molecular flexibility index (Phi) is 4.66. The molecule has 0 radical (unpaired) electrons. The third-order valence-electron chi connectivity index (χ3n) is 3.72. The van der Waals surface area contributed by atoms with Gasteiger partial charge in [0.15, 0.2) is 0 Å². The molecule has 2 aromatic carbocycles. The summed E-state index contributed by atoms with van der Waals surface area (Å²) in [5.41, 5.74) is 9.13. The van der Waals surface area contributed by atoms with E-state index in [4.69, 9.17) is 0 Å². The maximum atomic E-state index is 4.39. The molecule has 3 rings (SSSR count). The monoisotopic (exact) mass is 316 g/mol. The van der Waals surface area contributed by atoms with Gasteiger partial charge in [0.2, 0.25) is 5.95 Å². The molecule has 1 N–H and O–H groups in total. The minimum atomic E-state index is 0.521. The Labute approximate surface area is 142 Å². The molecule has 1 aromatic heterocycles. The average molecular weight is 316 g/mol. The Hall–Kier alpha value is -3.01. The van der Waals surface area contributed by atoms with E-state index in [9.17, 15) is 0 Å². The molecule has 4 nitrogen and oxygen atoms in total. The number of anilines is 1. The van der Waals surface area contributed by atoms with Crippen LogP contribution in [0.2, 0.25) is 0 Å². The molecule has 0 spiro atoms. The SMILES string of the molecule is C/C(=N/Nc1nc(C)cc(C)n1)c1ccc(-c2ccccc2)cc1. The second-order valence-corrected chi connectivity index (χ2v) is 5.73. The molecule has 0 fully saturated rings. The van der Waals surface area contributed by atoms with Crippen LogP contribution < -0.4 is 5.43 Å². The van der Waals surface area contributed by atoms with Gasteiger partial charge in [0.25, 0.3) is 0 Å². The van der Waals surface area contributed by atoms with Crippen molar-refractivity contribution in [3.05, 3.63) is 77.6 Å². The third-order valence-corrected chi connectivity index (χ3v) is 3.72. The summed E-state index contributed by atoms with van der Waals surface area (Å²) in [6, 6.07) is 20.6. The van der Waals surface area contributed by atoms with Gasteiger partial charge >= 0.3 is 0 Å². The predicted octanol–water partition coefficient (Wildman–Crippen LogP) is 4.60. The van der Waals surface area contributed by atoms with Crippen molar-refractivity contribution in [3.63, 3.8) is 0 Å². The normalized spacial score (nSPS) is 11.4. The minimum absolute atomic E-state index is 0.521. The first kappa shape index (κ1) is 15.9. The van der Waals surface area contributed by atoms with Crippen molar-refractivity contribution in [1.82, 2.24) is 9.97 Å². The molecule has 4 heteroatoms. The van der Waals surface area contributed by atoms with E-state index in [1.807, 2.05) is 45.0 Å². The number of hydrazone groups is 1. The van der Waals surface area contributed by atoms with Crippen molar-refractivity contribution in [2.24, 2.45) is 5.10 Å². The van der Waals surface area contributed by atoms with Gasteiger partial charge < -0.3 is 0 Å². The lowest BCUT2D eigenvalue weighted by molar-refractivity contribution is 1.03. The topological polar surface area (TPSA) is 50.2 Å². The van der Waals surface area contributed by atoms with Gasteiger partial charge in [-0.25, -0.2) is 15.4 Å². The van der Waals surface area contributed by atoms with Crippen molar-refractivity contribution in [2.45, 2.75) is 20.8 Å². The number of aromatic nitrogens is 2. The van der Waals surface area contributed by atoms with Gasteiger partial charge in [0.05, 0.1) is 5.71 Å². The summed E-state index contributed by atoms with van der Waals surface area (Å²) in [6.45, 7) is 5.85. The van der Waals surface area contributed by atoms with Crippen molar-refractivity contribution in [2.75, 3.05) is 5.43 Å². The molecule has 0 aliphatic carbocycles. The molecule has 3 aromatic rings. The Balaban J connectivity index is 1.76. The molecule has 0 atom stereocenters. The fourth-order valence-corrected chi connectivity index (χ4v) is 2.51. The molecular formula is C20H20N4. The highest BCUT2D eigenvalue weighted by atomic mass is 15.4. The molecule has 0 bridgehead atoms. The first-order valence-electron chi connectivity index (χ1n) is 7.90. The largest absolute Gasteiger partial charge is 0.245 e. The Morgan fingerprint density at radius 2 is 1.42 bits per heavy atom. The van der Waals surface area contributed by atoms with Crippen LogP contribution in [0.3, 0.4) is 0 Å². The molecule has 0 unspecified atom stereocenters. The standard InChI is InChI=1S/C20H20N4/c1-14-13-15(2)22-20(21-14)24-23-16(3)17-9-11-19(12-10-17)18-7-5-4-6-8-18/h4-13H,1-3H3,(H,21,22,24)/b23-16-. The molecule has 0 saturated heterocycles. The van der Waals surface area contributed by atoms with Gasteiger partial charge in [0.1, 0.15) is 0 Å². The number of nitrogens with zero attached hydrogens (tertiary/aromatic N) is 3. The number of rotatable bonds is 4. The zero-order chi connectivity index (χ0) is 16.9. The van der Waals surface area contributed by atoms with Crippen LogP contribution in [0.5, 0.6) is 0 Å². The number of hydrogen-bond donors (Lipinski definition) is 1. The van der Waals surface area contributed by atoms with Crippen LogP contribution in [0.4, 0.5) is 5.95 Å². The summed E-state index contributed by atoms with van der Waals surface area (Å²) in [5.74, 6) is 0.521. The number of benzene rings is 2. The minimum Gasteiger partial charge on any atom is -0.245 e. The Bertz CT molecular complexity index is 832. The van der Waals surface area contributed by atoms with Crippen LogP contribution in [0.25, 0.3) is 11.1 Å². The van der Waals surface area contributed by atoms with Crippen molar-refractivity contribution >= 4 is 11.7 Å². The maximum Gasteiger partial charge on any atom is 0.243 e. The van der Waals surface area contributed by atoms with Gasteiger partial charge in [-0.2, -0.15) is 5.10 Å². The summed E-state index contributed by atoms with van der Waals surface area (Å²) >= 11 is 0. The van der Waals surface area contributed by atoms with E-state index in [2.05, 4.69) is 56.9 Å². The second-order valence-electron chi connectivity index (χ2n) is 5.73. The van der Waals surface area contributed by atoms with Gasteiger partial charge in [-0.1, -0.05) is 54.6 Å². The van der Waals surface area contributed by atoms with Gasteiger partial charge in [-0.3, -0.25) is 0 Å². The Morgan fingerprint density at radius 1 is 0.833 bits per heavy atom. The summed E-state index contributed by atoms with van der Waals surface area (Å²) in [5, 5.41) is 4.39. The summed E-state index contributed by atoms with van der Waals surface area (Å²) in [4.78, 5) is 8.65. The highest BCUT2D eigenvalue weighted by molar-refractivity contribution is 5.99. The lowest BCUT2D eigenvalue weighted by Crippen LogP contribution is -2.03. The fourth-order valence-electron chi connectivity index (χ4n) is 2.51. The smallest absolute Gasteiger partial charge is 0.243 e. The lowest BCUT2D eigenvalue weighted by atomic mass is 10.0. The quantitative estimate of drug-likeness (QED) is 0.565. The fraction of sp³-hybridized carbons (Fsp3) is 0.150. The van der Waals surface area contributed by atoms with Crippen molar-refractivity contribution in [1.29, 1.82) is 0 Å². The third kappa shape index (κ3) is 3.84. The highest BCUT2D eigenvalue weighted by Gasteiger charge is 2.02. The van der Waals surface area contributed by atoms with Gasteiger partial charge in [-0.05, 0) is 43.5 Å². The van der Waals surface area contributed by atoms with E-state index in [0.717, 1.165) is 22.7 Å². The first-order valence-corrected chi connectivity index (χ1v) is 7.90. The molecule has 0 amide bonds. The summed E-state index contributed by atoms with van der Waals surface area (Å²) < 4.78 is 0. The summed E-state index contributed by atoms with van der Waals surface area (Å²) in [6.07, 6.45) is 0. The van der Waals surface area contributed by atoms with Crippen LogP contribution in [0, 0.1) is 13.8 Å². The van der Waals surface area contributed by atoms with Crippen LogP contribution in [-0.4, -0.2) is 15.7 Å². The van der Waals surface area contributed by atoms with Crippen LogP contribution in [-0.2, 0) is 0 Å². The van der Waals surface area contributed by atoms with E-state index >= 15 is 0 Å². The highest BCUT2D eigenvalue weighted by Crippen LogP contribution is 2.19. The number of nitrogens with one attached hydrogen (secondary N) is 1. The molecule has 0 aliphatic rings.